The van der Waals surface area contributed by atoms with Crippen molar-refractivity contribution in [2.75, 3.05) is 20.3 Å². The zero-order chi connectivity index (χ0) is 21.1. The highest BCUT2D eigenvalue weighted by molar-refractivity contribution is 7.20. The van der Waals surface area contributed by atoms with Crippen LogP contribution in [0.5, 0.6) is 0 Å². The van der Waals surface area contributed by atoms with E-state index in [1.54, 1.807) is 14.0 Å². The van der Waals surface area contributed by atoms with Crippen LogP contribution in [0.25, 0.3) is 10.2 Å². The summed E-state index contributed by atoms with van der Waals surface area (Å²) in [6.07, 6.45) is 2.32. The Bertz CT molecular complexity index is 1090. The normalized spacial score (nSPS) is 13.8. The molecule has 0 atom stereocenters. The molecule has 2 aromatic heterocycles. The molecule has 0 spiro atoms. The van der Waals surface area contributed by atoms with E-state index in [1.165, 1.54) is 16.9 Å². The van der Waals surface area contributed by atoms with Gasteiger partial charge in [0.05, 0.1) is 18.5 Å². The maximum absolute atomic E-state index is 12.8. The minimum absolute atomic E-state index is 0.174. The van der Waals surface area contributed by atoms with Crippen LogP contribution in [0.2, 0.25) is 0 Å². The lowest BCUT2D eigenvalue weighted by Gasteiger charge is -2.21. The minimum atomic E-state index is -0.447. The second-order valence-electron chi connectivity index (χ2n) is 7.50. The third-order valence-corrected chi connectivity index (χ3v) is 6.37. The Morgan fingerprint density at radius 3 is 2.70 bits per heavy atom. The number of esters is 1. The van der Waals surface area contributed by atoms with Gasteiger partial charge in [-0.05, 0) is 30.9 Å². The van der Waals surface area contributed by atoms with Gasteiger partial charge in [-0.2, -0.15) is 0 Å². The van der Waals surface area contributed by atoms with E-state index in [0.717, 1.165) is 19.4 Å². The smallest absolute Gasteiger partial charge is 0.348 e. The molecular formula is C22H25N3O4S. The van der Waals surface area contributed by atoms with E-state index in [2.05, 4.69) is 27.0 Å². The van der Waals surface area contributed by atoms with Gasteiger partial charge in [0.15, 0.2) is 0 Å². The summed E-state index contributed by atoms with van der Waals surface area (Å²) in [5.74, 6) is 0.174. The fraction of sp³-hybridized carbons (Fsp3) is 0.409. The van der Waals surface area contributed by atoms with Gasteiger partial charge in [0.2, 0.25) is 0 Å². The van der Waals surface area contributed by atoms with E-state index in [4.69, 9.17) is 9.47 Å². The fourth-order valence-electron chi connectivity index (χ4n) is 3.51. The molecule has 0 aliphatic heterocycles. The van der Waals surface area contributed by atoms with Crippen LogP contribution >= 0.6 is 11.3 Å². The molecule has 0 bridgehead atoms. The first-order chi connectivity index (χ1) is 14.6. The summed E-state index contributed by atoms with van der Waals surface area (Å²) in [4.78, 5) is 36.1. The van der Waals surface area contributed by atoms with E-state index in [1.807, 2.05) is 18.2 Å². The van der Waals surface area contributed by atoms with Gasteiger partial charge in [0, 0.05) is 19.7 Å². The Morgan fingerprint density at radius 2 is 2.00 bits per heavy atom. The number of nitrogens with zero attached hydrogens (tertiary/aromatic N) is 2. The molecule has 4 rings (SSSR count). The molecule has 0 radical (unpaired) electrons. The number of carbonyl (C=O) groups excluding carboxylic acids is 1. The standard InChI is InChI=1S/C22H25N3O4S/c1-14-18-20(26)23-17(24-21(18)30-19(14)22(27)29-11-10-28-2)13-25(16-8-9-16)12-15-6-4-3-5-7-15/h3-7,16H,8-13H2,1-2H3,(H,23,24,26). The maximum atomic E-state index is 12.8. The van der Waals surface area contributed by atoms with Crippen molar-refractivity contribution in [2.24, 2.45) is 0 Å². The minimum Gasteiger partial charge on any atom is -0.459 e. The number of rotatable bonds is 9. The number of H-pyrrole nitrogens is 1. The molecule has 1 saturated carbocycles. The average Bonchev–Trinajstić information content (AvgIpc) is 3.52. The summed E-state index contributed by atoms with van der Waals surface area (Å²) in [6.45, 7) is 3.64. The average molecular weight is 428 g/mol. The number of hydrogen-bond acceptors (Lipinski definition) is 7. The Balaban J connectivity index is 1.57. The van der Waals surface area contributed by atoms with Crippen molar-refractivity contribution in [3.05, 3.63) is 62.5 Å². The SMILES string of the molecule is COCCOC(=O)c1sc2nc(CN(Cc3ccccc3)C3CC3)[nH]c(=O)c2c1C. The number of benzene rings is 1. The molecule has 0 unspecified atom stereocenters. The summed E-state index contributed by atoms with van der Waals surface area (Å²) in [6, 6.07) is 10.8. The first-order valence-corrected chi connectivity index (χ1v) is 10.8. The summed E-state index contributed by atoms with van der Waals surface area (Å²) < 4.78 is 10.1. The number of aromatic nitrogens is 2. The van der Waals surface area contributed by atoms with Crippen LogP contribution in [-0.2, 0) is 22.6 Å². The molecule has 7 nitrogen and oxygen atoms in total. The molecule has 1 aromatic carbocycles. The molecule has 1 aliphatic carbocycles. The largest absolute Gasteiger partial charge is 0.459 e. The van der Waals surface area contributed by atoms with E-state index in [0.29, 0.717) is 45.7 Å². The van der Waals surface area contributed by atoms with Crippen LogP contribution < -0.4 is 5.56 Å². The van der Waals surface area contributed by atoms with Gasteiger partial charge in [-0.1, -0.05) is 30.3 Å². The van der Waals surface area contributed by atoms with E-state index >= 15 is 0 Å². The lowest BCUT2D eigenvalue weighted by Crippen LogP contribution is -2.27. The van der Waals surface area contributed by atoms with E-state index < -0.39 is 5.97 Å². The van der Waals surface area contributed by atoms with Crippen molar-refractivity contribution in [3.63, 3.8) is 0 Å². The van der Waals surface area contributed by atoms with Crippen molar-refractivity contribution in [3.8, 4) is 0 Å². The second kappa shape index (κ2) is 9.07. The molecule has 2 heterocycles. The molecular weight excluding hydrogens is 402 g/mol. The molecule has 158 valence electrons. The van der Waals surface area contributed by atoms with E-state index in [9.17, 15) is 9.59 Å². The van der Waals surface area contributed by atoms with Crippen LogP contribution in [0.15, 0.2) is 35.1 Å². The fourth-order valence-corrected chi connectivity index (χ4v) is 4.60. The molecule has 8 heteroatoms. The molecule has 3 aromatic rings. The van der Waals surface area contributed by atoms with Gasteiger partial charge < -0.3 is 14.5 Å². The van der Waals surface area contributed by atoms with Gasteiger partial charge in [-0.3, -0.25) is 9.69 Å². The zero-order valence-electron chi connectivity index (χ0n) is 17.1. The molecule has 0 amide bonds. The highest BCUT2D eigenvalue weighted by atomic mass is 32.1. The van der Waals surface area contributed by atoms with Gasteiger partial charge in [0.1, 0.15) is 22.1 Å². The highest BCUT2D eigenvalue weighted by Gasteiger charge is 2.30. The second-order valence-corrected chi connectivity index (χ2v) is 8.50. The predicted octanol–water partition coefficient (Wildman–Crippen LogP) is 3.26. The number of nitrogens with one attached hydrogen (secondary N) is 1. The van der Waals surface area contributed by atoms with Crippen LogP contribution in [0.4, 0.5) is 0 Å². The van der Waals surface area contributed by atoms with Crippen molar-refractivity contribution >= 4 is 27.5 Å². The third kappa shape index (κ3) is 4.61. The number of aryl methyl sites for hydroxylation is 1. The Morgan fingerprint density at radius 1 is 1.23 bits per heavy atom. The van der Waals surface area contributed by atoms with Crippen LogP contribution in [0, 0.1) is 6.92 Å². The van der Waals surface area contributed by atoms with Crippen molar-refractivity contribution in [2.45, 2.75) is 38.9 Å². The van der Waals surface area contributed by atoms with E-state index in [-0.39, 0.29) is 12.2 Å². The first-order valence-electron chi connectivity index (χ1n) is 10.0. The van der Waals surface area contributed by atoms with Crippen LogP contribution in [-0.4, -0.2) is 47.2 Å². The maximum Gasteiger partial charge on any atom is 0.348 e. The molecule has 0 saturated heterocycles. The van der Waals surface area contributed by atoms with Crippen LogP contribution in [0.3, 0.4) is 0 Å². The number of ether oxygens (including phenoxy) is 2. The number of hydrogen-bond donors (Lipinski definition) is 1. The summed E-state index contributed by atoms with van der Waals surface area (Å²) in [7, 11) is 1.55. The summed E-state index contributed by atoms with van der Waals surface area (Å²) in [5, 5.41) is 0.462. The number of methoxy groups -OCH3 is 1. The highest BCUT2D eigenvalue weighted by Crippen LogP contribution is 2.31. The molecule has 30 heavy (non-hydrogen) atoms. The van der Waals surface area contributed by atoms with Gasteiger partial charge >= 0.3 is 5.97 Å². The van der Waals surface area contributed by atoms with Gasteiger partial charge in [-0.15, -0.1) is 11.3 Å². The van der Waals surface area contributed by atoms with Crippen molar-refractivity contribution < 1.29 is 14.3 Å². The number of carbonyl (C=O) groups is 1. The van der Waals surface area contributed by atoms with Crippen molar-refractivity contribution in [1.29, 1.82) is 0 Å². The van der Waals surface area contributed by atoms with Gasteiger partial charge in [-0.25, -0.2) is 9.78 Å². The molecule has 1 aliphatic rings. The van der Waals surface area contributed by atoms with Crippen molar-refractivity contribution in [1.82, 2.24) is 14.9 Å². The number of thiophene rings is 1. The molecule has 1 fully saturated rings. The first kappa shape index (κ1) is 20.7. The lowest BCUT2D eigenvalue weighted by molar-refractivity contribution is 0.0393. The predicted molar refractivity (Wildman–Crippen MR) is 116 cm³/mol. The monoisotopic (exact) mass is 427 g/mol. The third-order valence-electron chi connectivity index (χ3n) is 5.20. The quantitative estimate of drug-likeness (QED) is 0.417. The van der Waals surface area contributed by atoms with Crippen LogP contribution in [0.1, 0.15) is 39.5 Å². The Kier molecular flexibility index (Phi) is 6.26. The Hall–Kier alpha value is -2.55. The zero-order valence-corrected chi connectivity index (χ0v) is 18.0. The van der Waals surface area contributed by atoms with Gasteiger partial charge in [0.25, 0.3) is 5.56 Å². The number of fused-ring (bicyclic) bond motifs is 1. The molecule has 1 N–H and O–H groups in total. The number of aromatic amines is 1. The topological polar surface area (TPSA) is 84.5 Å². The summed E-state index contributed by atoms with van der Waals surface area (Å²) >= 11 is 1.21. The lowest BCUT2D eigenvalue weighted by atomic mass is 10.2. The Labute approximate surface area is 178 Å². The summed E-state index contributed by atoms with van der Waals surface area (Å²) in [5.41, 5.74) is 1.64.